The molecule has 0 spiro atoms. The van der Waals surface area contributed by atoms with Gasteiger partial charge in [0.05, 0.1) is 9.79 Å². The van der Waals surface area contributed by atoms with Gasteiger partial charge in [-0.1, -0.05) is 72.8 Å². The topological polar surface area (TPSA) is 223 Å². The van der Waals surface area contributed by atoms with E-state index < -0.39 is 35.4 Å². The molecule has 0 aliphatic carbocycles. The van der Waals surface area contributed by atoms with Crippen LogP contribution in [0.4, 0.5) is 0 Å². The smallest absolute Gasteiger partial charge is 0.744 e. The van der Waals surface area contributed by atoms with Gasteiger partial charge in [0.2, 0.25) is 0 Å². The van der Waals surface area contributed by atoms with E-state index in [2.05, 4.69) is 19.9 Å². The number of aromatic amines is 2. The summed E-state index contributed by atoms with van der Waals surface area (Å²) in [4.78, 5) is 32.2. The number of aromatic nitrogens is 8. The molecule has 0 radical (unpaired) electrons. The standard InChI is InChI=1S/C32H18N8O6S2.2Cu/c41-47(42,43)22-14-13-21-23(24(22)48(44,45)46)32-39-30-20-12-6-5-11-19(20)28(37-30)35-26-16-8-2-1-7-15(16)25(33-26)34-27-17-9-3-4-10-18(17)29(36-27)38-31(21)40-32;;/h1-14H,(H,41,42,43)(H,44,45,46)(H2,33,34,35,36,37,38,39,40);;/q;2*+1/p-2. The monoisotopic (exact) mass is 798 g/mol. The minimum Gasteiger partial charge on any atom is -0.744 e. The van der Waals surface area contributed by atoms with E-state index in [1.165, 1.54) is 6.07 Å². The molecule has 50 heavy (non-hydrogen) atoms. The van der Waals surface area contributed by atoms with Gasteiger partial charge in [-0.25, -0.2) is 46.7 Å². The predicted octanol–water partition coefficient (Wildman–Crippen LogP) is 4.67. The van der Waals surface area contributed by atoms with Gasteiger partial charge in [-0.2, -0.15) is 0 Å². The van der Waals surface area contributed by atoms with E-state index in [1.54, 1.807) is 36.4 Å². The molecule has 0 atom stereocenters. The average Bonchev–Trinajstić information content (AvgIpc) is 3.79. The van der Waals surface area contributed by atoms with Gasteiger partial charge in [0.25, 0.3) is 0 Å². The minimum atomic E-state index is -5.56. The van der Waals surface area contributed by atoms with E-state index in [0.29, 0.717) is 39.4 Å². The summed E-state index contributed by atoms with van der Waals surface area (Å²) in [5, 5.41) is 1.13. The van der Waals surface area contributed by atoms with E-state index in [4.69, 9.17) is 19.9 Å². The van der Waals surface area contributed by atoms with Gasteiger partial charge < -0.3 is 19.1 Å². The van der Waals surface area contributed by atoms with Crippen molar-refractivity contribution in [3.8, 4) is 45.6 Å². The molecule has 0 fully saturated rings. The van der Waals surface area contributed by atoms with Gasteiger partial charge in [-0.15, -0.1) is 0 Å². The average molecular weight is 800 g/mol. The molecule has 254 valence electrons. The number of fused-ring (bicyclic) bond motifs is 20. The molecule has 7 aromatic rings. The van der Waals surface area contributed by atoms with Crippen molar-refractivity contribution < 1.29 is 60.1 Å². The van der Waals surface area contributed by atoms with Crippen molar-refractivity contribution in [2.45, 2.75) is 9.79 Å². The van der Waals surface area contributed by atoms with Crippen LogP contribution in [-0.2, 0) is 54.4 Å². The summed E-state index contributed by atoms with van der Waals surface area (Å²) in [6, 6.07) is 23.8. The third kappa shape index (κ3) is 5.21. The van der Waals surface area contributed by atoms with E-state index in [9.17, 15) is 25.9 Å². The third-order valence-electron chi connectivity index (χ3n) is 8.16. The molecule has 8 bridgehead atoms. The van der Waals surface area contributed by atoms with Crippen molar-refractivity contribution in [2.75, 3.05) is 0 Å². The van der Waals surface area contributed by atoms with Crippen LogP contribution in [0, 0.1) is 0 Å². The van der Waals surface area contributed by atoms with E-state index >= 15 is 0 Å². The van der Waals surface area contributed by atoms with Crippen LogP contribution in [0.5, 0.6) is 0 Å². The summed E-state index contributed by atoms with van der Waals surface area (Å²) in [5.74, 6) is 0.876. The Morgan fingerprint density at radius 3 is 1.24 bits per heavy atom. The fourth-order valence-corrected chi connectivity index (χ4v) is 8.07. The molecule has 2 aliphatic rings. The molecule has 4 aromatic carbocycles. The second kappa shape index (κ2) is 11.9. The zero-order chi connectivity index (χ0) is 32.9. The van der Waals surface area contributed by atoms with Gasteiger partial charge in [-0.05, 0) is 12.1 Å². The molecule has 0 saturated heterocycles. The minimum absolute atomic E-state index is 0. The molecule has 0 unspecified atom stereocenters. The van der Waals surface area contributed by atoms with Gasteiger partial charge in [-0.3, -0.25) is 0 Å². The zero-order valence-corrected chi connectivity index (χ0v) is 28.2. The number of hydrogen-bond donors (Lipinski definition) is 2. The summed E-state index contributed by atoms with van der Waals surface area (Å²) in [6.07, 6.45) is 0. The van der Waals surface area contributed by atoms with Crippen LogP contribution in [0.1, 0.15) is 0 Å². The second-order valence-corrected chi connectivity index (χ2v) is 13.6. The summed E-state index contributed by atoms with van der Waals surface area (Å²) in [5.41, 5.74) is 3.08. The molecular weight excluding hydrogens is 784 g/mol. The van der Waals surface area contributed by atoms with Gasteiger partial charge in [0.15, 0.2) is 23.3 Å². The van der Waals surface area contributed by atoms with Crippen LogP contribution < -0.4 is 0 Å². The van der Waals surface area contributed by atoms with Gasteiger partial charge in [0, 0.05) is 43.8 Å². The Bertz CT molecular complexity index is 2980. The molecule has 2 aliphatic heterocycles. The van der Waals surface area contributed by atoms with Crippen molar-refractivity contribution in [1.29, 1.82) is 0 Å². The maximum absolute atomic E-state index is 12.7. The Morgan fingerprint density at radius 1 is 0.440 bits per heavy atom. The molecule has 18 heteroatoms. The van der Waals surface area contributed by atoms with Crippen molar-refractivity contribution in [1.82, 2.24) is 39.9 Å². The number of hydrogen-bond acceptors (Lipinski definition) is 12. The number of benzene rings is 4. The van der Waals surface area contributed by atoms with Crippen LogP contribution in [-0.4, -0.2) is 65.8 Å². The fraction of sp³-hybridized carbons (Fsp3) is 0. The Labute approximate surface area is 303 Å². The van der Waals surface area contributed by atoms with E-state index in [0.717, 1.165) is 16.8 Å². The summed E-state index contributed by atoms with van der Waals surface area (Å²) >= 11 is 0. The fourth-order valence-electron chi connectivity index (χ4n) is 6.13. The summed E-state index contributed by atoms with van der Waals surface area (Å²) in [6.45, 7) is 0. The van der Waals surface area contributed by atoms with Crippen molar-refractivity contribution in [3.05, 3.63) is 84.9 Å². The maximum Gasteiger partial charge on any atom is 1.00 e. The zero-order valence-electron chi connectivity index (χ0n) is 24.6. The van der Waals surface area contributed by atoms with Crippen LogP contribution >= 0.6 is 0 Å². The molecule has 14 nitrogen and oxygen atoms in total. The molecule has 9 rings (SSSR count). The summed E-state index contributed by atoms with van der Waals surface area (Å²) < 4.78 is 74.7. The predicted molar refractivity (Wildman–Crippen MR) is 172 cm³/mol. The molecule has 2 N–H and O–H groups in total. The van der Waals surface area contributed by atoms with Crippen LogP contribution in [0.3, 0.4) is 0 Å². The van der Waals surface area contributed by atoms with Crippen LogP contribution in [0.15, 0.2) is 94.7 Å². The Hall–Kier alpha value is -4.90. The third-order valence-corrected chi connectivity index (χ3v) is 10.1. The van der Waals surface area contributed by atoms with Crippen molar-refractivity contribution in [3.63, 3.8) is 0 Å². The second-order valence-electron chi connectivity index (χ2n) is 11.0. The van der Waals surface area contributed by atoms with Crippen LogP contribution in [0.2, 0.25) is 0 Å². The quantitative estimate of drug-likeness (QED) is 0.180. The summed E-state index contributed by atoms with van der Waals surface area (Å²) in [7, 11) is -11.0. The van der Waals surface area contributed by atoms with E-state index in [1.807, 2.05) is 36.4 Å². The molecular formula is C32H16Cu2N8O6S2. The number of nitrogens with zero attached hydrogens (tertiary/aromatic N) is 6. The SMILES string of the molecule is O=S(=O)([O-])c1ccc2c3nc4nc(nc5[nH]c(nc6nc(nc([nH]3)c2c1S(=O)(=O)[O-])-c1ccccc1-6)c1ccccc51)-c1ccccc1-4.[Cu+].[Cu+]. The molecule has 5 heterocycles. The largest absolute Gasteiger partial charge is 1.00 e. The first kappa shape index (κ1) is 33.6. The van der Waals surface area contributed by atoms with Crippen LogP contribution in [0.25, 0.3) is 89.7 Å². The Kier molecular flexibility index (Phi) is 7.97. The Balaban J connectivity index is 0.00000196. The maximum atomic E-state index is 12.7. The first-order chi connectivity index (χ1) is 23.0. The molecule has 3 aromatic heterocycles. The van der Waals surface area contributed by atoms with Gasteiger partial charge in [0.1, 0.15) is 42.8 Å². The first-order valence-corrected chi connectivity index (χ1v) is 17.1. The number of nitrogens with one attached hydrogen (secondary N) is 2. The van der Waals surface area contributed by atoms with E-state index in [-0.39, 0.29) is 68.3 Å². The number of rotatable bonds is 2. The first-order valence-electron chi connectivity index (χ1n) is 14.2. The molecule has 0 saturated carbocycles. The Morgan fingerprint density at radius 2 is 0.820 bits per heavy atom. The molecule has 0 amide bonds. The normalized spacial score (nSPS) is 12.2. The van der Waals surface area contributed by atoms with Gasteiger partial charge >= 0.3 is 34.1 Å². The van der Waals surface area contributed by atoms with Crippen molar-refractivity contribution in [2.24, 2.45) is 0 Å². The number of H-pyrrole nitrogens is 2. The van der Waals surface area contributed by atoms with Crippen molar-refractivity contribution >= 4 is 64.4 Å².